The summed E-state index contributed by atoms with van der Waals surface area (Å²) in [5, 5.41) is 12.2. The first kappa shape index (κ1) is 15.4. The highest BCUT2D eigenvalue weighted by Gasteiger charge is 2.30. The Kier molecular flexibility index (Phi) is 4.74. The molecule has 0 aliphatic carbocycles. The van der Waals surface area contributed by atoms with Crippen LogP contribution in [0.2, 0.25) is 0 Å². The molecule has 0 bridgehead atoms. The molecule has 2 aliphatic rings. The summed E-state index contributed by atoms with van der Waals surface area (Å²) in [5.41, 5.74) is 1.59. The fourth-order valence-electron chi connectivity index (χ4n) is 3.44. The van der Waals surface area contributed by atoms with Gasteiger partial charge in [0.2, 0.25) is 0 Å². The Balaban J connectivity index is 1.65. The number of nitrogens with one attached hydrogen (secondary N) is 1. The SMILES string of the molecule is O=C(O)C1CNC(c2ccc(CN3CCCCC3)c(F)c2)C1. The molecule has 2 N–H and O–H groups in total. The molecule has 0 radical (unpaired) electrons. The van der Waals surface area contributed by atoms with Crippen molar-refractivity contribution in [2.24, 2.45) is 5.92 Å². The number of hydrogen-bond acceptors (Lipinski definition) is 3. The van der Waals surface area contributed by atoms with Gasteiger partial charge in [0, 0.05) is 24.7 Å². The van der Waals surface area contributed by atoms with E-state index in [1.54, 1.807) is 6.07 Å². The van der Waals surface area contributed by atoms with E-state index < -0.39 is 5.97 Å². The number of carbonyl (C=O) groups is 1. The third-order valence-electron chi connectivity index (χ3n) is 4.80. The van der Waals surface area contributed by atoms with Gasteiger partial charge in [-0.3, -0.25) is 9.69 Å². The number of carboxylic acids is 1. The zero-order valence-corrected chi connectivity index (χ0v) is 12.7. The summed E-state index contributed by atoms with van der Waals surface area (Å²) in [6.07, 6.45) is 4.20. The molecule has 0 saturated carbocycles. The van der Waals surface area contributed by atoms with Crippen molar-refractivity contribution in [3.8, 4) is 0 Å². The van der Waals surface area contributed by atoms with Crippen molar-refractivity contribution in [3.63, 3.8) is 0 Å². The molecule has 2 atom stereocenters. The van der Waals surface area contributed by atoms with Gasteiger partial charge in [0.1, 0.15) is 5.82 Å². The van der Waals surface area contributed by atoms with Crippen LogP contribution in [-0.2, 0) is 11.3 Å². The van der Waals surface area contributed by atoms with Gasteiger partial charge in [-0.25, -0.2) is 4.39 Å². The molecular formula is C17H23FN2O2. The lowest BCUT2D eigenvalue weighted by molar-refractivity contribution is -0.141. The first-order valence-electron chi connectivity index (χ1n) is 8.10. The number of piperidine rings is 1. The molecule has 1 aromatic rings. The van der Waals surface area contributed by atoms with E-state index in [1.807, 2.05) is 12.1 Å². The molecule has 120 valence electrons. The second kappa shape index (κ2) is 6.75. The number of halogens is 1. The van der Waals surface area contributed by atoms with Crippen LogP contribution < -0.4 is 5.32 Å². The van der Waals surface area contributed by atoms with Gasteiger partial charge in [-0.05, 0) is 44.0 Å². The maximum Gasteiger partial charge on any atom is 0.307 e. The Hall–Kier alpha value is -1.46. The molecule has 0 spiro atoms. The topological polar surface area (TPSA) is 52.6 Å². The summed E-state index contributed by atoms with van der Waals surface area (Å²) in [4.78, 5) is 13.3. The van der Waals surface area contributed by atoms with Gasteiger partial charge in [0.05, 0.1) is 5.92 Å². The number of aliphatic carboxylic acids is 1. The molecule has 22 heavy (non-hydrogen) atoms. The van der Waals surface area contributed by atoms with Crippen molar-refractivity contribution in [1.82, 2.24) is 10.2 Å². The van der Waals surface area contributed by atoms with Crippen molar-refractivity contribution in [1.29, 1.82) is 0 Å². The van der Waals surface area contributed by atoms with Gasteiger partial charge in [-0.15, -0.1) is 0 Å². The van der Waals surface area contributed by atoms with Crippen LogP contribution in [0.25, 0.3) is 0 Å². The molecule has 4 nitrogen and oxygen atoms in total. The van der Waals surface area contributed by atoms with Gasteiger partial charge in [0.25, 0.3) is 0 Å². The Labute approximate surface area is 130 Å². The molecule has 2 aliphatic heterocycles. The lowest BCUT2D eigenvalue weighted by Crippen LogP contribution is -2.29. The van der Waals surface area contributed by atoms with E-state index >= 15 is 0 Å². The molecule has 3 rings (SSSR count). The fraction of sp³-hybridized carbons (Fsp3) is 0.588. The lowest BCUT2D eigenvalue weighted by atomic mass is 9.98. The third-order valence-corrected chi connectivity index (χ3v) is 4.80. The third kappa shape index (κ3) is 3.47. The van der Waals surface area contributed by atoms with Crippen molar-refractivity contribution in [2.45, 2.75) is 38.3 Å². The van der Waals surface area contributed by atoms with E-state index in [4.69, 9.17) is 5.11 Å². The Morgan fingerprint density at radius 1 is 1.32 bits per heavy atom. The Morgan fingerprint density at radius 2 is 2.09 bits per heavy atom. The largest absolute Gasteiger partial charge is 0.481 e. The molecule has 2 unspecified atom stereocenters. The van der Waals surface area contributed by atoms with Gasteiger partial charge in [-0.2, -0.15) is 0 Å². The van der Waals surface area contributed by atoms with E-state index in [9.17, 15) is 9.18 Å². The lowest BCUT2D eigenvalue weighted by Gasteiger charge is -2.26. The van der Waals surface area contributed by atoms with Crippen LogP contribution >= 0.6 is 0 Å². The zero-order chi connectivity index (χ0) is 15.5. The molecule has 2 heterocycles. The monoisotopic (exact) mass is 306 g/mol. The van der Waals surface area contributed by atoms with Gasteiger partial charge < -0.3 is 10.4 Å². The number of nitrogens with zero attached hydrogens (tertiary/aromatic N) is 1. The predicted octanol–water partition coefficient (Wildman–Crippen LogP) is 2.55. The number of carboxylic acid groups (broad SMARTS) is 1. The van der Waals surface area contributed by atoms with Crippen LogP contribution in [0, 0.1) is 11.7 Å². The summed E-state index contributed by atoms with van der Waals surface area (Å²) in [7, 11) is 0. The molecule has 1 aromatic carbocycles. The van der Waals surface area contributed by atoms with Crippen LogP contribution in [0.3, 0.4) is 0 Å². The molecule has 2 saturated heterocycles. The molecule has 5 heteroatoms. The van der Waals surface area contributed by atoms with Crippen LogP contribution in [0.4, 0.5) is 4.39 Å². The van der Waals surface area contributed by atoms with Crippen LogP contribution in [0.1, 0.15) is 42.9 Å². The van der Waals surface area contributed by atoms with Gasteiger partial charge in [0.15, 0.2) is 0 Å². The molecule has 2 fully saturated rings. The minimum absolute atomic E-state index is 0.0559. The molecule has 0 amide bonds. The quantitative estimate of drug-likeness (QED) is 0.897. The minimum atomic E-state index is -0.780. The average molecular weight is 306 g/mol. The van der Waals surface area contributed by atoms with E-state index in [0.717, 1.165) is 24.2 Å². The summed E-state index contributed by atoms with van der Waals surface area (Å²) in [6, 6.07) is 5.31. The van der Waals surface area contributed by atoms with E-state index in [2.05, 4.69) is 10.2 Å². The number of likely N-dealkylation sites (tertiary alicyclic amines) is 1. The van der Waals surface area contributed by atoms with Crippen molar-refractivity contribution in [3.05, 3.63) is 35.1 Å². The smallest absolute Gasteiger partial charge is 0.307 e. The first-order chi connectivity index (χ1) is 10.6. The summed E-state index contributed by atoms with van der Waals surface area (Å²) in [6.45, 7) is 3.22. The maximum absolute atomic E-state index is 14.3. The van der Waals surface area contributed by atoms with Gasteiger partial charge in [-0.1, -0.05) is 18.6 Å². The average Bonchev–Trinajstić information content (AvgIpc) is 3.00. The summed E-state index contributed by atoms with van der Waals surface area (Å²) in [5.74, 6) is -1.33. The maximum atomic E-state index is 14.3. The summed E-state index contributed by atoms with van der Waals surface area (Å²) >= 11 is 0. The highest BCUT2D eigenvalue weighted by Crippen LogP contribution is 2.28. The number of hydrogen-bond donors (Lipinski definition) is 2. The number of rotatable bonds is 4. The fourth-order valence-corrected chi connectivity index (χ4v) is 3.44. The Morgan fingerprint density at radius 3 is 2.73 bits per heavy atom. The highest BCUT2D eigenvalue weighted by atomic mass is 19.1. The van der Waals surface area contributed by atoms with Crippen molar-refractivity contribution < 1.29 is 14.3 Å². The van der Waals surface area contributed by atoms with E-state index in [0.29, 0.717) is 19.5 Å². The standard InChI is InChI=1S/C17H23FN2O2/c18-15-8-12(16-9-14(10-19-16)17(21)22)4-5-13(15)11-20-6-2-1-3-7-20/h4-5,8,14,16,19H,1-3,6-7,9-11H2,(H,21,22). The van der Waals surface area contributed by atoms with Crippen LogP contribution in [0.15, 0.2) is 18.2 Å². The van der Waals surface area contributed by atoms with Crippen LogP contribution in [-0.4, -0.2) is 35.6 Å². The Bertz CT molecular complexity index is 543. The molecule has 0 aromatic heterocycles. The second-order valence-electron chi connectivity index (χ2n) is 6.42. The van der Waals surface area contributed by atoms with Crippen LogP contribution in [0.5, 0.6) is 0 Å². The predicted molar refractivity (Wildman–Crippen MR) is 82.0 cm³/mol. The van der Waals surface area contributed by atoms with Gasteiger partial charge >= 0.3 is 5.97 Å². The van der Waals surface area contributed by atoms with Crippen molar-refractivity contribution in [2.75, 3.05) is 19.6 Å². The zero-order valence-electron chi connectivity index (χ0n) is 12.7. The van der Waals surface area contributed by atoms with E-state index in [-0.39, 0.29) is 17.8 Å². The highest BCUT2D eigenvalue weighted by molar-refractivity contribution is 5.70. The van der Waals surface area contributed by atoms with E-state index in [1.165, 1.54) is 19.3 Å². The van der Waals surface area contributed by atoms with Crippen molar-refractivity contribution >= 4 is 5.97 Å². The summed E-state index contributed by atoms with van der Waals surface area (Å²) < 4.78 is 14.3. The minimum Gasteiger partial charge on any atom is -0.481 e. The normalized spacial score (nSPS) is 26.2. The first-order valence-corrected chi connectivity index (χ1v) is 8.10. The number of benzene rings is 1. The molecular weight excluding hydrogens is 283 g/mol. The second-order valence-corrected chi connectivity index (χ2v) is 6.42.